The molecule has 0 radical (unpaired) electrons. The van der Waals surface area contributed by atoms with Gasteiger partial charge in [-0.05, 0) is 19.9 Å². The lowest BCUT2D eigenvalue weighted by molar-refractivity contribution is -0.178. The van der Waals surface area contributed by atoms with E-state index in [1.54, 1.807) is 11.9 Å². The molecule has 0 heterocycles. The maximum Gasteiger partial charge on any atom is 0.243 e. The standard InChI is InChI=1S/C19H30N2O3.ClH/c1-6-23-15-11-9-8-10-14(15)13-21(5)17(22)19(20)12-16(24-7-2)18(19,3)4;/h8-11,16H,6-7,12-13,20H2,1-5H3;1H. The van der Waals surface area contributed by atoms with Crippen molar-refractivity contribution in [1.29, 1.82) is 0 Å². The fraction of sp³-hybridized carbons (Fsp3) is 0.632. The van der Waals surface area contributed by atoms with Gasteiger partial charge in [-0.1, -0.05) is 32.0 Å². The molecular weight excluding hydrogens is 340 g/mol. The van der Waals surface area contributed by atoms with Crippen LogP contribution >= 0.6 is 12.4 Å². The second-order valence-corrected chi connectivity index (χ2v) is 7.04. The molecule has 6 heteroatoms. The number of carbonyl (C=O) groups excluding carboxylic acids is 1. The summed E-state index contributed by atoms with van der Waals surface area (Å²) in [7, 11) is 1.80. The predicted molar refractivity (Wildman–Crippen MR) is 102 cm³/mol. The molecule has 0 aromatic heterocycles. The Bertz CT molecular complexity index is 594. The molecule has 2 N–H and O–H groups in total. The number of hydrogen-bond donors (Lipinski definition) is 1. The van der Waals surface area contributed by atoms with Crippen LogP contribution in [0.15, 0.2) is 24.3 Å². The number of nitrogens with two attached hydrogens (primary N) is 1. The Morgan fingerprint density at radius 2 is 1.92 bits per heavy atom. The van der Waals surface area contributed by atoms with E-state index < -0.39 is 5.54 Å². The first-order valence-corrected chi connectivity index (χ1v) is 8.64. The summed E-state index contributed by atoms with van der Waals surface area (Å²) in [5.74, 6) is 0.764. The van der Waals surface area contributed by atoms with Crippen molar-refractivity contribution in [2.75, 3.05) is 20.3 Å². The van der Waals surface area contributed by atoms with Gasteiger partial charge in [0.05, 0.1) is 12.7 Å². The third-order valence-corrected chi connectivity index (χ3v) is 5.24. The highest BCUT2D eigenvalue weighted by Gasteiger charge is 2.63. The fourth-order valence-electron chi connectivity index (χ4n) is 3.40. The van der Waals surface area contributed by atoms with Gasteiger partial charge in [-0.25, -0.2) is 0 Å². The number of hydrogen-bond acceptors (Lipinski definition) is 4. The fourth-order valence-corrected chi connectivity index (χ4v) is 3.40. The summed E-state index contributed by atoms with van der Waals surface area (Å²) in [5.41, 5.74) is 6.21. The molecular formula is C19H31ClN2O3. The minimum Gasteiger partial charge on any atom is -0.494 e. The number of benzene rings is 1. The van der Waals surface area contributed by atoms with E-state index in [0.717, 1.165) is 11.3 Å². The van der Waals surface area contributed by atoms with Gasteiger partial charge in [0.15, 0.2) is 0 Å². The zero-order chi connectivity index (χ0) is 18.0. The monoisotopic (exact) mass is 370 g/mol. The second-order valence-electron chi connectivity index (χ2n) is 7.04. The number of para-hydroxylation sites is 1. The van der Waals surface area contributed by atoms with Crippen LogP contribution < -0.4 is 10.5 Å². The van der Waals surface area contributed by atoms with E-state index in [1.165, 1.54) is 0 Å². The zero-order valence-electron chi connectivity index (χ0n) is 15.9. The SMILES string of the molecule is CCOc1ccccc1CN(C)C(=O)C1(N)CC(OCC)C1(C)C.Cl. The van der Waals surface area contributed by atoms with Gasteiger partial charge >= 0.3 is 0 Å². The van der Waals surface area contributed by atoms with Crippen LogP contribution in [0.3, 0.4) is 0 Å². The van der Waals surface area contributed by atoms with Crippen molar-refractivity contribution in [2.24, 2.45) is 11.1 Å². The Hall–Kier alpha value is -1.30. The van der Waals surface area contributed by atoms with Crippen LogP contribution in [0.4, 0.5) is 0 Å². The third kappa shape index (κ3) is 3.94. The quantitative estimate of drug-likeness (QED) is 0.801. The van der Waals surface area contributed by atoms with Gasteiger partial charge in [-0.15, -0.1) is 12.4 Å². The van der Waals surface area contributed by atoms with Crippen LogP contribution in [-0.2, 0) is 16.1 Å². The summed E-state index contributed by atoms with van der Waals surface area (Å²) >= 11 is 0. The highest BCUT2D eigenvalue weighted by atomic mass is 35.5. The van der Waals surface area contributed by atoms with Gasteiger partial charge in [0.1, 0.15) is 11.3 Å². The van der Waals surface area contributed by atoms with Crippen LogP contribution in [0.2, 0.25) is 0 Å². The number of halogens is 1. The van der Waals surface area contributed by atoms with Crippen molar-refractivity contribution < 1.29 is 14.3 Å². The molecule has 0 spiro atoms. The highest BCUT2D eigenvalue weighted by Crippen LogP contribution is 2.50. The molecule has 25 heavy (non-hydrogen) atoms. The van der Waals surface area contributed by atoms with Gasteiger partial charge in [0, 0.05) is 37.6 Å². The largest absolute Gasteiger partial charge is 0.494 e. The van der Waals surface area contributed by atoms with Crippen LogP contribution in [0, 0.1) is 5.41 Å². The predicted octanol–water partition coefficient (Wildman–Crippen LogP) is 3.00. The average Bonchev–Trinajstić information content (AvgIpc) is 2.55. The number of rotatable bonds is 7. The van der Waals surface area contributed by atoms with Crippen LogP contribution in [0.1, 0.15) is 39.7 Å². The lowest BCUT2D eigenvalue weighted by Gasteiger charge is -2.58. The van der Waals surface area contributed by atoms with Gasteiger partial charge in [-0.3, -0.25) is 4.79 Å². The van der Waals surface area contributed by atoms with E-state index in [0.29, 0.717) is 26.2 Å². The first-order chi connectivity index (χ1) is 11.3. The molecule has 1 amide bonds. The number of nitrogens with zero attached hydrogens (tertiary/aromatic N) is 1. The van der Waals surface area contributed by atoms with Crippen molar-refractivity contribution in [3.63, 3.8) is 0 Å². The van der Waals surface area contributed by atoms with E-state index in [1.807, 2.05) is 52.0 Å². The summed E-state index contributed by atoms with van der Waals surface area (Å²) in [6.07, 6.45) is 0.588. The molecule has 1 aromatic carbocycles. The topological polar surface area (TPSA) is 64.8 Å². The molecule has 1 fully saturated rings. The smallest absolute Gasteiger partial charge is 0.243 e. The lowest BCUT2D eigenvalue weighted by atomic mass is 9.54. The average molecular weight is 371 g/mol. The van der Waals surface area contributed by atoms with E-state index >= 15 is 0 Å². The molecule has 1 aliphatic rings. The molecule has 2 rings (SSSR count). The molecule has 2 atom stereocenters. The second kappa shape index (κ2) is 8.39. The van der Waals surface area contributed by atoms with Gasteiger partial charge in [0.25, 0.3) is 0 Å². The minimum absolute atomic E-state index is 0. The van der Waals surface area contributed by atoms with Crippen molar-refractivity contribution in [3.05, 3.63) is 29.8 Å². The van der Waals surface area contributed by atoms with Gasteiger partial charge < -0.3 is 20.1 Å². The maximum atomic E-state index is 13.0. The van der Waals surface area contributed by atoms with Crippen molar-refractivity contribution >= 4 is 18.3 Å². The summed E-state index contributed by atoms with van der Waals surface area (Å²) in [6, 6.07) is 7.79. The van der Waals surface area contributed by atoms with Crippen LogP contribution in [0.5, 0.6) is 5.75 Å². The summed E-state index contributed by atoms with van der Waals surface area (Å²) in [4.78, 5) is 14.7. The maximum absolute atomic E-state index is 13.0. The van der Waals surface area contributed by atoms with Crippen molar-refractivity contribution in [2.45, 2.75) is 52.3 Å². The first-order valence-electron chi connectivity index (χ1n) is 8.64. The summed E-state index contributed by atoms with van der Waals surface area (Å²) in [5, 5.41) is 0. The molecule has 5 nitrogen and oxygen atoms in total. The summed E-state index contributed by atoms with van der Waals surface area (Å²) in [6.45, 7) is 9.64. The highest BCUT2D eigenvalue weighted by molar-refractivity contribution is 5.88. The van der Waals surface area contributed by atoms with Crippen molar-refractivity contribution in [3.8, 4) is 5.75 Å². The van der Waals surface area contributed by atoms with Crippen molar-refractivity contribution in [1.82, 2.24) is 4.90 Å². The molecule has 1 saturated carbocycles. The Morgan fingerprint density at radius 3 is 2.48 bits per heavy atom. The molecule has 2 unspecified atom stereocenters. The Balaban J connectivity index is 0.00000312. The Morgan fingerprint density at radius 1 is 1.28 bits per heavy atom. The molecule has 0 aliphatic heterocycles. The molecule has 1 aromatic rings. The van der Waals surface area contributed by atoms with Gasteiger partial charge in [0.2, 0.25) is 5.91 Å². The molecule has 0 bridgehead atoms. The zero-order valence-corrected chi connectivity index (χ0v) is 16.7. The Labute approximate surface area is 157 Å². The number of carbonyl (C=O) groups is 1. The van der Waals surface area contributed by atoms with Crippen LogP contribution in [0.25, 0.3) is 0 Å². The van der Waals surface area contributed by atoms with E-state index in [4.69, 9.17) is 15.2 Å². The van der Waals surface area contributed by atoms with E-state index in [2.05, 4.69) is 0 Å². The van der Waals surface area contributed by atoms with E-state index in [9.17, 15) is 4.79 Å². The number of ether oxygens (including phenoxy) is 2. The van der Waals surface area contributed by atoms with Crippen LogP contribution in [-0.4, -0.2) is 42.7 Å². The van der Waals surface area contributed by atoms with Gasteiger partial charge in [-0.2, -0.15) is 0 Å². The molecule has 1 aliphatic carbocycles. The first kappa shape index (κ1) is 21.7. The third-order valence-electron chi connectivity index (χ3n) is 5.24. The molecule has 142 valence electrons. The summed E-state index contributed by atoms with van der Waals surface area (Å²) < 4.78 is 11.4. The molecule has 0 saturated heterocycles. The number of likely N-dealkylation sites (N-methyl/N-ethyl adjacent to an activating group) is 1. The Kier molecular flexibility index (Phi) is 7.29. The minimum atomic E-state index is -0.887. The van der Waals surface area contributed by atoms with E-state index in [-0.39, 0.29) is 29.8 Å². The number of amides is 1. The lowest BCUT2D eigenvalue weighted by Crippen LogP contribution is -2.75. The normalized spacial score (nSPS) is 24.0.